The molecule has 0 bridgehead atoms. The Hall–Kier alpha value is -0.350. The van der Waals surface area contributed by atoms with E-state index in [0.717, 1.165) is 27.4 Å². The Labute approximate surface area is 118 Å². The fourth-order valence-electron chi connectivity index (χ4n) is 2.64. The zero-order chi connectivity index (χ0) is 12.4. The number of hydrogen-bond acceptors (Lipinski definition) is 3. The highest BCUT2D eigenvalue weighted by molar-refractivity contribution is 7.99. The minimum Gasteiger partial charge on any atom is -0.346 e. The van der Waals surface area contributed by atoms with E-state index >= 15 is 0 Å². The largest absolute Gasteiger partial charge is 0.346 e. The Morgan fingerprint density at radius 3 is 2.72 bits per heavy atom. The van der Waals surface area contributed by atoms with Gasteiger partial charge in [-0.15, -0.1) is 0 Å². The van der Waals surface area contributed by atoms with Crippen molar-refractivity contribution < 1.29 is 0 Å². The summed E-state index contributed by atoms with van der Waals surface area (Å²) in [4.78, 5) is 7.95. The molecule has 0 saturated heterocycles. The van der Waals surface area contributed by atoms with Crippen molar-refractivity contribution in [1.29, 1.82) is 0 Å². The number of hydrogen-bond donors (Lipinski definition) is 1. The van der Waals surface area contributed by atoms with Crippen LogP contribution in [0.3, 0.4) is 0 Å². The highest BCUT2D eigenvalue weighted by Gasteiger charge is 2.24. The number of H-pyrrole nitrogens is 1. The molecule has 0 aromatic carbocycles. The van der Waals surface area contributed by atoms with Crippen molar-refractivity contribution in [1.82, 2.24) is 9.97 Å². The van der Waals surface area contributed by atoms with Gasteiger partial charge in [-0.25, -0.2) is 4.98 Å². The van der Waals surface area contributed by atoms with Gasteiger partial charge in [0.15, 0.2) is 0 Å². The summed E-state index contributed by atoms with van der Waals surface area (Å²) in [5.74, 6) is 2.81. The molecule has 2 saturated carbocycles. The normalized spacial score (nSPS) is 21.1. The van der Waals surface area contributed by atoms with Crippen LogP contribution < -0.4 is 0 Å². The molecule has 2 aliphatic carbocycles. The third-order valence-electron chi connectivity index (χ3n) is 3.84. The van der Waals surface area contributed by atoms with E-state index in [-0.39, 0.29) is 0 Å². The highest BCUT2D eigenvalue weighted by atomic mass is 32.2. The second kappa shape index (κ2) is 5.74. The number of rotatable bonds is 4. The summed E-state index contributed by atoms with van der Waals surface area (Å²) in [5, 5.41) is 0.840. The van der Waals surface area contributed by atoms with Gasteiger partial charge in [0.25, 0.3) is 0 Å². The highest BCUT2D eigenvalue weighted by Crippen LogP contribution is 2.39. The van der Waals surface area contributed by atoms with Crippen LogP contribution in [0.4, 0.5) is 0 Å². The Morgan fingerprint density at radius 2 is 2.00 bits per heavy atom. The third-order valence-corrected chi connectivity index (χ3v) is 5.43. The van der Waals surface area contributed by atoms with Gasteiger partial charge in [0.1, 0.15) is 10.5 Å². The predicted octanol–water partition coefficient (Wildman–Crippen LogP) is 4.58. The number of thioether (sulfide) groups is 1. The Bertz CT molecular complexity index is 459. The molecule has 4 heteroatoms. The molecular weight excluding hydrogens is 260 g/mol. The predicted molar refractivity (Wildman–Crippen MR) is 79.6 cm³/mol. The van der Waals surface area contributed by atoms with E-state index in [4.69, 9.17) is 12.2 Å². The number of nitrogens with zero attached hydrogens (tertiary/aromatic N) is 1. The average molecular weight is 280 g/mol. The Kier molecular flexibility index (Phi) is 4.04. The van der Waals surface area contributed by atoms with Crippen molar-refractivity contribution >= 4 is 24.0 Å². The molecule has 0 amide bonds. The van der Waals surface area contributed by atoms with Gasteiger partial charge in [-0.05, 0) is 37.7 Å². The van der Waals surface area contributed by atoms with Gasteiger partial charge in [-0.2, -0.15) is 11.8 Å². The summed E-state index contributed by atoms with van der Waals surface area (Å²) >= 11 is 7.32. The molecule has 3 rings (SSSR count). The average Bonchev–Trinajstić information content (AvgIpc) is 3.21. The van der Waals surface area contributed by atoms with E-state index in [1.165, 1.54) is 50.6 Å². The summed E-state index contributed by atoms with van der Waals surface area (Å²) in [6.45, 7) is 0. The Morgan fingerprint density at radius 1 is 1.22 bits per heavy atom. The van der Waals surface area contributed by atoms with E-state index in [2.05, 4.69) is 21.7 Å². The fraction of sp³-hybridized carbons (Fsp3) is 0.714. The van der Waals surface area contributed by atoms with Crippen LogP contribution in [0.25, 0.3) is 0 Å². The molecule has 1 aromatic heterocycles. The van der Waals surface area contributed by atoms with E-state index in [9.17, 15) is 0 Å². The minimum atomic E-state index is 0.730. The zero-order valence-corrected chi connectivity index (χ0v) is 12.3. The molecular formula is C14H20N2S2. The third kappa shape index (κ3) is 3.35. The lowest BCUT2D eigenvalue weighted by molar-refractivity contribution is 0.516. The lowest BCUT2D eigenvalue weighted by Crippen LogP contribution is -2.09. The van der Waals surface area contributed by atoms with E-state index < -0.39 is 0 Å². The number of aromatic nitrogens is 2. The van der Waals surface area contributed by atoms with Gasteiger partial charge >= 0.3 is 0 Å². The lowest BCUT2D eigenvalue weighted by atomic mass is 10.0. The number of aromatic amines is 1. The summed E-state index contributed by atoms with van der Waals surface area (Å²) in [5.41, 5.74) is 1.31. The minimum absolute atomic E-state index is 0.730. The van der Waals surface area contributed by atoms with Crippen molar-refractivity contribution in [2.24, 2.45) is 0 Å². The molecule has 0 aliphatic heterocycles. The summed E-state index contributed by atoms with van der Waals surface area (Å²) < 4.78 is 0.759. The zero-order valence-electron chi connectivity index (χ0n) is 10.7. The maximum atomic E-state index is 5.26. The van der Waals surface area contributed by atoms with Crippen molar-refractivity contribution in [3.63, 3.8) is 0 Å². The Balaban J connectivity index is 1.62. The molecule has 98 valence electrons. The first-order valence-corrected chi connectivity index (χ1v) is 8.49. The molecule has 1 aromatic rings. The molecule has 1 heterocycles. The van der Waals surface area contributed by atoms with Crippen molar-refractivity contribution in [3.8, 4) is 0 Å². The molecule has 0 radical (unpaired) electrons. The van der Waals surface area contributed by atoms with Crippen molar-refractivity contribution in [2.75, 3.05) is 0 Å². The first-order valence-electron chi connectivity index (χ1n) is 7.03. The summed E-state index contributed by atoms with van der Waals surface area (Å²) in [7, 11) is 0. The SMILES string of the molecule is S=c1cc(C2CC2)[nH]c(CSC2CCCCC2)n1. The molecule has 2 fully saturated rings. The van der Waals surface area contributed by atoms with Crippen molar-refractivity contribution in [2.45, 2.75) is 61.9 Å². The van der Waals surface area contributed by atoms with Gasteiger partial charge in [0, 0.05) is 10.9 Å². The first-order chi connectivity index (χ1) is 8.81. The topological polar surface area (TPSA) is 28.7 Å². The molecule has 2 aliphatic rings. The van der Waals surface area contributed by atoms with Gasteiger partial charge in [-0.3, -0.25) is 0 Å². The smallest absolute Gasteiger partial charge is 0.130 e. The van der Waals surface area contributed by atoms with Crippen LogP contribution in [0.5, 0.6) is 0 Å². The van der Waals surface area contributed by atoms with Crippen LogP contribution in [-0.2, 0) is 5.75 Å². The van der Waals surface area contributed by atoms with Crippen LogP contribution >= 0.6 is 24.0 Å². The molecule has 0 spiro atoms. The summed E-state index contributed by atoms with van der Waals surface area (Å²) in [6, 6.07) is 2.04. The van der Waals surface area contributed by atoms with Crippen LogP contribution in [0.1, 0.15) is 62.4 Å². The maximum absolute atomic E-state index is 5.26. The molecule has 0 unspecified atom stereocenters. The molecule has 1 N–H and O–H groups in total. The molecule has 18 heavy (non-hydrogen) atoms. The number of nitrogens with one attached hydrogen (secondary N) is 1. The second-order valence-corrected chi connectivity index (χ2v) is 7.17. The van der Waals surface area contributed by atoms with E-state index in [0.29, 0.717) is 0 Å². The van der Waals surface area contributed by atoms with Gasteiger partial charge < -0.3 is 4.98 Å². The standard InChI is InChI=1S/C14H20N2S2/c17-14-8-12(10-6-7-10)15-13(16-14)9-18-11-4-2-1-3-5-11/h8,10-11H,1-7,9H2,(H,15,16,17). The van der Waals surface area contributed by atoms with Gasteiger partial charge in [0.2, 0.25) is 0 Å². The van der Waals surface area contributed by atoms with Crippen molar-refractivity contribution in [3.05, 3.63) is 22.2 Å². The van der Waals surface area contributed by atoms with Crippen LogP contribution in [0, 0.1) is 4.64 Å². The van der Waals surface area contributed by atoms with E-state index in [1.807, 2.05) is 6.07 Å². The maximum Gasteiger partial charge on any atom is 0.130 e. The van der Waals surface area contributed by atoms with E-state index in [1.54, 1.807) is 0 Å². The van der Waals surface area contributed by atoms with Crippen LogP contribution in [0.2, 0.25) is 0 Å². The fourth-order valence-corrected chi connectivity index (χ4v) is 4.07. The molecule has 2 nitrogen and oxygen atoms in total. The first kappa shape index (κ1) is 12.7. The van der Waals surface area contributed by atoms with Gasteiger partial charge in [0.05, 0.1) is 5.75 Å². The monoisotopic (exact) mass is 280 g/mol. The quantitative estimate of drug-likeness (QED) is 0.818. The lowest BCUT2D eigenvalue weighted by Gasteiger charge is -2.20. The van der Waals surface area contributed by atoms with Crippen LogP contribution in [-0.4, -0.2) is 15.2 Å². The van der Waals surface area contributed by atoms with Crippen LogP contribution in [0.15, 0.2) is 6.07 Å². The second-order valence-electron chi connectivity index (χ2n) is 5.47. The van der Waals surface area contributed by atoms with Gasteiger partial charge in [-0.1, -0.05) is 31.5 Å². The molecule has 0 atom stereocenters. The summed E-state index contributed by atoms with van der Waals surface area (Å²) in [6.07, 6.45) is 9.62.